The lowest BCUT2D eigenvalue weighted by atomic mass is 10.1. The number of aliphatic carboxylic acids is 1. The molecular weight excluding hydrogens is 406 g/mol. The predicted octanol–water partition coefficient (Wildman–Crippen LogP) is 5.56. The number of hydrogen-bond donors (Lipinski definition) is 1. The molecule has 160 valence electrons. The van der Waals surface area contributed by atoms with Crippen LogP contribution in [0.25, 0.3) is 31.6 Å². The first-order valence-electron chi connectivity index (χ1n) is 10.8. The summed E-state index contributed by atoms with van der Waals surface area (Å²) in [6.07, 6.45) is 1.61. The normalized spacial score (nSPS) is 12.1. The zero-order chi connectivity index (χ0) is 21.8. The number of benzene rings is 3. The molecule has 6 heteroatoms. The maximum Gasteiger partial charge on any atom is 0.303 e. The number of nitrogens with zero attached hydrogens (tertiary/aromatic N) is 3. The summed E-state index contributed by atoms with van der Waals surface area (Å²) in [5.74, 6) is -0.750. The molecule has 2 aliphatic rings. The van der Waals surface area contributed by atoms with Crippen LogP contribution in [-0.4, -0.2) is 35.7 Å². The van der Waals surface area contributed by atoms with Crippen LogP contribution in [0.5, 0.6) is 0 Å². The first kappa shape index (κ1) is 21.2. The highest BCUT2D eigenvalue weighted by molar-refractivity contribution is 7.21. The van der Waals surface area contributed by atoms with Gasteiger partial charge in [-0.2, -0.15) is 0 Å². The molecule has 0 unspecified atom stereocenters. The Balaban J connectivity index is 1.81. The second-order valence-corrected chi connectivity index (χ2v) is 8.64. The lowest BCUT2D eigenvalue weighted by Gasteiger charge is -2.21. The van der Waals surface area contributed by atoms with Gasteiger partial charge in [0, 0.05) is 42.5 Å². The van der Waals surface area contributed by atoms with Gasteiger partial charge in [-0.3, -0.25) is 9.79 Å². The van der Waals surface area contributed by atoms with Crippen molar-refractivity contribution in [1.82, 2.24) is 4.98 Å². The van der Waals surface area contributed by atoms with Crippen molar-refractivity contribution in [2.75, 3.05) is 24.5 Å². The van der Waals surface area contributed by atoms with Crippen molar-refractivity contribution in [3.63, 3.8) is 0 Å². The second-order valence-electron chi connectivity index (χ2n) is 7.56. The molecule has 0 radical (unpaired) electrons. The van der Waals surface area contributed by atoms with E-state index in [0.29, 0.717) is 13.0 Å². The van der Waals surface area contributed by atoms with Crippen LogP contribution < -0.4 is 10.3 Å². The fourth-order valence-corrected chi connectivity index (χ4v) is 4.99. The maximum absolute atomic E-state index is 10.7. The highest BCUT2D eigenvalue weighted by atomic mass is 32.1. The van der Waals surface area contributed by atoms with Gasteiger partial charge < -0.3 is 10.0 Å². The Morgan fingerprint density at radius 3 is 2.58 bits per heavy atom. The van der Waals surface area contributed by atoms with Crippen LogP contribution >= 0.6 is 11.3 Å². The van der Waals surface area contributed by atoms with Crippen molar-refractivity contribution in [2.24, 2.45) is 4.99 Å². The molecule has 0 fully saturated rings. The van der Waals surface area contributed by atoms with E-state index >= 15 is 0 Å². The Morgan fingerprint density at radius 1 is 1.06 bits per heavy atom. The number of carboxylic acid groups (broad SMARTS) is 1. The molecule has 4 rings (SSSR count). The number of aromatic nitrogens is 1. The molecule has 1 aliphatic heterocycles. The third-order valence-electron chi connectivity index (χ3n) is 5.56. The maximum atomic E-state index is 10.7. The van der Waals surface area contributed by atoms with E-state index in [4.69, 9.17) is 15.1 Å². The van der Waals surface area contributed by atoms with E-state index in [1.165, 1.54) is 10.4 Å². The summed E-state index contributed by atoms with van der Waals surface area (Å²) < 4.78 is 1.17. The summed E-state index contributed by atoms with van der Waals surface area (Å²) in [6.45, 7) is 6.92. The largest absolute Gasteiger partial charge is 0.481 e. The van der Waals surface area contributed by atoms with Gasteiger partial charge in [-0.1, -0.05) is 24.3 Å². The molecule has 0 saturated heterocycles. The Kier molecular flexibility index (Phi) is 6.47. The molecule has 1 aliphatic carbocycles. The van der Waals surface area contributed by atoms with E-state index in [1.807, 2.05) is 12.1 Å². The minimum absolute atomic E-state index is 0.195. The van der Waals surface area contributed by atoms with E-state index in [2.05, 4.69) is 55.1 Å². The molecule has 0 amide bonds. The minimum Gasteiger partial charge on any atom is -0.481 e. The molecule has 31 heavy (non-hydrogen) atoms. The van der Waals surface area contributed by atoms with Gasteiger partial charge in [-0.15, -0.1) is 11.3 Å². The average Bonchev–Trinajstić information content (AvgIpc) is 2.78. The molecule has 5 nitrogen and oxygen atoms in total. The molecule has 0 aromatic heterocycles. The molecule has 1 heterocycles. The average molecular weight is 434 g/mol. The van der Waals surface area contributed by atoms with Crippen molar-refractivity contribution in [3.8, 4) is 10.6 Å². The summed E-state index contributed by atoms with van der Waals surface area (Å²) in [4.78, 5) is 24.0. The standard InChI is InChI=1S/C25H27N3O2S/c1-3-28(4-2)17-12-13-20-22(15-17)31-23-16-21(26-14-8-7-11-24(29)30)18-9-5-6-10-19(18)25(23)27-20/h5-6,9-10,12-13,15-16H,3-4,7-8,11,14H2,1-2H3,(H,29,30). The van der Waals surface area contributed by atoms with Crippen molar-refractivity contribution in [3.05, 3.63) is 53.9 Å². The fraction of sp³-hybridized carbons (Fsp3) is 0.320. The first-order chi connectivity index (χ1) is 15.1. The summed E-state index contributed by atoms with van der Waals surface area (Å²) in [6, 6.07) is 16.9. The van der Waals surface area contributed by atoms with Crippen LogP contribution in [0.3, 0.4) is 0 Å². The van der Waals surface area contributed by atoms with Crippen LogP contribution in [0.2, 0.25) is 0 Å². The summed E-state index contributed by atoms with van der Waals surface area (Å²) in [5.41, 5.74) is 3.24. The van der Waals surface area contributed by atoms with Crippen LogP contribution in [-0.2, 0) is 4.79 Å². The number of hydrogen-bond acceptors (Lipinski definition) is 5. The van der Waals surface area contributed by atoms with Gasteiger partial charge in [-0.25, -0.2) is 4.98 Å². The summed E-state index contributed by atoms with van der Waals surface area (Å²) in [5, 5.41) is 12.0. The van der Waals surface area contributed by atoms with Crippen molar-refractivity contribution in [2.45, 2.75) is 33.1 Å². The van der Waals surface area contributed by atoms with Gasteiger partial charge in [0.15, 0.2) is 0 Å². The Hall–Kier alpha value is -2.99. The van der Waals surface area contributed by atoms with Crippen molar-refractivity contribution >= 4 is 44.0 Å². The van der Waals surface area contributed by atoms with E-state index in [0.717, 1.165) is 51.7 Å². The molecule has 1 N–H and O–H groups in total. The Labute approximate surface area is 186 Å². The molecule has 2 aromatic rings. The third-order valence-corrected chi connectivity index (χ3v) is 6.64. The number of carbonyl (C=O) groups is 1. The minimum atomic E-state index is -0.750. The van der Waals surface area contributed by atoms with Crippen LogP contribution in [0.1, 0.15) is 33.1 Å². The zero-order valence-electron chi connectivity index (χ0n) is 18.0. The van der Waals surface area contributed by atoms with Gasteiger partial charge in [0.1, 0.15) is 0 Å². The molecule has 0 bridgehead atoms. The van der Waals surface area contributed by atoms with E-state index in [9.17, 15) is 4.79 Å². The van der Waals surface area contributed by atoms with E-state index in [-0.39, 0.29) is 6.42 Å². The third kappa shape index (κ3) is 4.54. The van der Waals surface area contributed by atoms with Crippen molar-refractivity contribution < 1.29 is 9.90 Å². The van der Waals surface area contributed by atoms with Gasteiger partial charge in [0.05, 0.1) is 26.1 Å². The molecule has 2 aromatic carbocycles. The number of carboxylic acids is 1. The highest BCUT2D eigenvalue weighted by Crippen LogP contribution is 2.35. The first-order valence-corrected chi connectivity index (χ1v) is 11.7. The Bertz CT molecular complexity index is 1260. The van der Waals surface area contributed by atoms with Gasteiger partial charge in [0.25, 0.3) is 0 Å². The van der Waals surface area contributed by atoms with Gasteiger partial charge in [-0.05, 0) is 51.0 Å². The number of anilines is 1. The zero-order valence-corrected chi connectivity index (χ0v) is 18.8. The van der Waals surface area contributed by atoms with Crippen LogP contribution in [0.15, 0.2) is 53.5 Å². The Morgan fingerprint density at radius 2 is 1.84 bits per heavy atom. The number of rotatable bonds is 8. The molecular formula is C25H27N3O2S. The lowest BCUT2D eigenvalue weighted by molar-refractivity contribution is -0.137. The summed E-state index contributed by atoms with van der Waals surface area (Å²) >= 11 is 1.75. The van der Waals surface area contributed by atoms with Crippen LogP contribution in [0, 0.1) is 0 Å². The van der Waals surface area contributed by atoms with E-state index in [1.54, 1.807) is 11.3 Å². The van der Waals surface area contributed by atoms with Gasteiger partial charge >= 0.3 is 5.97 Å². The fourth-order valence-electron chi connectivity index (χ4n) is 3.93. The van der Waals surface area contributed by atoms with Crippen LogP contribution in [0.4, 0.5) is 5.69 Å². The smallest absolute Gasteiger partial charge is 0.303 e. The van der Waals surface area contributed by atoms with Crippen molar-refractivity contribution in [1.29, 1.82) is 0 Å². The number of unbranched alkanes of at least 4 members (excludes halogenated alkanes) is 1. The number of fused-ring (bicyclic) bond motifs is 4. The SMILES string of the molecule is CCN(CC)c1ccc2nc3c4ccccc4c(=NCCCCC(=O)O)cc-3sc2c1. The van der Waals surface area contributed by atoms with Gasteiger partial charge in [0.2, 0.25) is 0 Å². The second kappa shape index (κ2) is 9.43. The predicted molar refractivity (Wildman–Crippen MR) is 129 cm³/mol. The quantitative estimate of drug-likeness (QED) is 0.225. The topological polar surface area (TPSA) is 65.8 Å². The van der Waals surface area contributed by atoms with E-state index < -0.39 is 5.97 Å². The summed E-state index contributed by atoms with van der Waals surface area (Å²) in [7, 11) is 0. The monoisotopic (exact) mass is 433 g/mol. The lowest BCUT2D eigenvalue weighted by Crippen LogP contribution is -2.21. The highest BCUT2D eigenvalue weighted by Gasteiger charge is 2.14. The molecule has 0 atom stereocenters. The molecule has 0 spiro atoms. The molecule has 0 saturated carbocycles.